The van der Waals surface area contributed by atoms with E-state index in [0.717, 1.165) is 29.8 Å². The first-order valence-corrected chi connectivity index (χ1v) is 7.93. The van der Waals surface area contributed by atoms with Gasteiger partial charge in [-0.25, -0.2) is 4.39 Å². The Balaban J connectivity index is 0.00000192. The third-order valence-electron chi connectivity index (χ3n) is 3.70. The van der Waals surface area contributed by atoms with Gasteiger partial charge in [0.2, 0.25) is 0 Å². The van der Waals surface area contributed by atoms with Crippen molar-refractivity contribution >= 4 is 34.2 Å². The molecule has 2 aromatic rings. The number of amides is 1. The molecule has 1 aliphatic heterocycles. The molecule has 1 aromatic carbocycles. The summed E-state index contributed by atoms with van der Waals surface area (Å²) in [4.78, 5) is 12.2. The maximum absolute atomic E-state index is 13.2. The summed E-state index contributed by atoms with van der Waals surface area (Å²) < 4.78 is 13.6. The van der Waals surface area contributed by atoms with Crippen LogP contribution in [0.2, 0.25) is 0 Å². The molecule has 1 aromatic heterocycles. The van der Waals surface area contributed by atoms with E-state index in [2.05, 4.69) is 36.8 Å². The fourth-order valence-electron chi connectivity index (χ4n) is 2.51. The molecule has 23 heavy (non-hydrogen) atoms. The third-order valence-corrected chi connectivity index (χ3v) is 4.31. The van der Waals surface area contributed by atoms with Gasteiger partial charge in [-0.2, -0.15) is 5.10 Å². The molecule has 0 atom stereocenters. The van der Waals surface area contributed by atoms with Gasteiger partial charge >= 0.3 is 0 Å². The van der Waals surface area contributed by atoms with Crippen molar-refractivity contribution in [3.05, 3.63) is 51.0 Å². The lowest BCUT2D eigenvalue weighted by molar-refractivity contribution is 0.0948. The summed E-state index contributed by atoms with van der Waals surface area (Å²) in [5, 5.41) is 13.1. The number of fused-ring (bicyclic) bond motifs is 1. The number of hydrogen-bond donors (Lipinski definition) is 3. The molecular formula is C15H17BrClFN4O. The largest absolute Gasteiger partial charge is 0.350 e. The number of aromatic nitrogens is 2. The van der Waals surface area contributed by atoms with Crippen LogP contribution in [0, 0.1) is 5.82 Å². The van der Waals surface area contributed by atoms with Crippen molar-refractivity contribution in [3.8, 4) is 0 Å². The number of rotatable bonds is 4. The number of carbonyl (C=O) groups is 1. The lowest BCUT2D eigenvalue weighted by Gasteiger charge is -2.12. The molecule has 0 radical (unpaired) electrons. The van der Waals surface area contributed by atoms with Crippen LogP contribution in [-0.2, 0) is 19.4 Å². The van der Waals surface area contributed by atoms with Crippen LogP contribution in [-0.4, -0.2) is 29.2 Å². The Hall–Kier alpha value is -1.44. The molecule has 1 aliphatic rings. The van der Waals surface area contributed by atoms with Crippen molar-refractivity contribution in [1.82, 2.24) is 20.8 Å². The number of carbonyl (C=O) groups excluding carboxylic acids is 1. The monoisotopic (exact) mass is 402 g/mol. The van der Waals surface area contributed by atoms with E-state index >= 15 is 0 Å². The van der Waals surface area contributed by atoms with Crippen LogP contribution in [0.3, 0.4) is 0 Å². The highest BCUT2D eigenvalue weighted by Crippen LogP contribution is 2.17. The average molecular weight is 404 g/mol. The number of nitrogens with zero attached hydrogens (tertiary/aromatic N) is 1. The van der Waals surface area contributed by atoms with Gasteiger partial charge in [-0.05, 0) is 40.0 Å². The predicted molar refractivity (Wildman–Crippen MR) is 91.4 cm³/mol. The molecule has 0 fully saturated rings. The highest BCUT2D eigenvalue weighted by molar-refractivity contribution is 9.10. The van der Waals surface area contributed by atoms with E-state index in [9.17, 15) is 9.18 Å². The van der Waals surface area contributed by atoms with Crippen LogP contribution in [0.5, 0.6) is 0 Å². The Morgan fingerprint density at radius 1 is 1.43 bits per heavy atom. The molecule has 0 unspecified atom stereocenters. The number of benzene rings is 1. The molecule has 0 saturated heterocycles. The van der Waals surface area contributed by atoms with Gasteiger partial charge in [0.25, 0.3) is 5.91 Å². The van der Waals surface area contributed by atoms with Gasteiger partial charge in [0, 0.05) is 37.3 Å². The average Bonchev–Trinajstić information content (AvgIpc) is 2.95. The van der Waals surface area contributed by atoms with Crippen molar-refractivity contribution in [2.75, 3.05) is 13.1 Å². The maximum Gasteiger partial charge on any atom is 0.272 e. The molecule has 8 heteroatoms. The first-order valence-electron chi connectivity index (χ1n) is 7.14. The third kappa shape index (κ3) is 4.10. The lowest BCUT2D eigenvalue weighted by Crippen LogP contribution is -2.29. The summed E-state index contributed by atoms with van der Waals surface area (Å²) in [6.07, 6.45) is 1.49. The van der Waals surface area contributed by atoms with Crippen LogP contribution in [0.4, 0.5) is 4.39 Å². The van der Waals surface area contributed by atoms with Crippen molar-refractivity contribution < 1.29 is 9.18 Å². The van der Waals surface area contributed by atoms with E-state index in [1.54, 1.807) is 12.1 Å². The van der Waals surface area contributed by atoms with Crippen molar-refractivity contribution in [1.29, 1.82) is 0 Å². The van der Waals surface area contributed by atoms with Crippen molar-refractivity contribution in [3.63, 3.8) is 0 Å². The molecule has 3 N–H and O–H groups in total. The second-order valence-electron chi connectivity index (χ2n) is 5.21. The number of halogens is 3. The molecule has 0 bridgehead atoms. The lowest BCUT2D eigenvalue weighted by atomic mass is 10.1. The van der Waals surface area contributed by atoms with E-state index in [4.69, 9.17) is 0 Å². The van der Waals surface area contributed by atoms with Gasteiger partial charge in [0.15, 0.2) is 5.69 Å². The van der Waals surface area contributed by atoms with Crippen LogP contribution in [0.1, 0.15) is 27.3 Å². The highest BCUT2D eigenvalue weighted by Gasteiger charge is 2.21. The minimum atomic E-state index is -0.288. The summed E-state index contributed by atoms with van der Waals surface area (Å²) >= 11 is 3.16. The molecule has 1 amide bonds. The standard InChI is InChI=1S/C15H16BrFN4O.ClH/c16-11-7-9(1-2-12(11)17)3-6-19-15(22)14-10-8-18-5-4-13(10)20-21-14;/h1-2,7,18H,3-6,8H2,(H,19,22)(H,20,21);1H. The minimum absolute atomic E-state index is 0. The van der Waals surface area contributed by atoms with E-state index in [1.807, 2.05) is 0 Å². The first kappa shape index (κ1) is 17.9. The number of H-pyrrole nitrogens is 1. The second-order valence-corrected chi connectivity index (χ2v) is 6.06. The van der Waals surface area contributed by atoms with Gasteiger partial charge in [0.1, 0.15) is 5.82 Å². The van der Waals surface area contributed by atoms with Gasteiger partial charge in [-0.3, -0.25) is 9.89 Å². The van der Waals surface area contributed by atoms with E-state index in [0.29, 0.717) is 29.7 Å². The summed E-state index contributed by atoms with van der Waals surface area (Å²) in [5.41, 5.74) is 3.40. The zero-order valence-corrected chi connectivity index (χ0v) is 14.7. The molecule has 0 aliphatic carbocycles. The number of nitrogens with one attached hydrogen (secondary N) is 3. The molecule has 124 valence electrons. The fraction of sp³-hybridized carbons (Fsp3) is 0.333. The summed E-state index contributed by atoms with van der Waals surface area (Å²) in [6, 6.07) is 4.85. The Kier molecular flexibility index (Phi) is 6.15. The molecule has 2 heterocycles. The molecule has 0 saturated carbocycles. The van der Waals surface area contributed by atoms with Crippen molar-refractivity contribution in [2.45, 2.75) is 19.4 Å². The van der Waals surface area contributed by atoms with Crippen LogP contribution in [0.25, 0.3) is 0 Å². The fourth-order valence-corrected chi connectivity index (χ4v) is 2.94. The molecule has 0 spiro atoms. The summed E-state index contributed by atoms with van der Waals surface area (Å²) in [6.45, 7) is 2.04. The quantitative estimate of drug-likeness (QED) is 0.734. The smallest absolute Gasteiger partial charge is 0.272 e. The SMILES string of the molecule is Cl.O=C(NCCc1ccc(F)c(Br)c1)c1n[nH]c2c1CNCC2. The normalized spacial score (nSPS) is 13.1. The Labute approximate surface area is 148 Å². The molecular weight excluding hydrogens is 387 g/mol. The van der Waals surface area contributed by atoms with Crippen LogP contribution in [0.15, 0.2) is 22.7 Å². The van der Waals surface area contributed by atoms with E-state index in [1.165, 1.54) is 6.07 Å². The van der Waals surface area contributed by atoms with E-state index < -0.39 is 0 Å². The zero-order valence-electron chi connectivity index (χ0n) is 12.3. The minimum Gasteiger partial charge on any atom is -0.350 e. The maximum atomic E-state index is 13.2. The predicted octanol–water partition coefficient (Wildman–Crippen LogP) is 2.35. The summed E-state index contributed by atoms with van der Waals surface area (Å²) in [7, 11) is 0. The van der Waals surface area contributed by atoms with Crippen LogP contribution >= 0.6 is 28.3 Å². The van der Waals surface area contributed by atoms with Gasteiger partial charge in [0.05, 0.1) is 4.47 Å². The van der Waals surface area contributed by atoms with Gasteiger partial charge in [-0.15, -0.1) is 12.4 Å². The van der Waals surface area contributed by atoms with Gasteiger partial charge < -0.3 is 10.6 Å². The Morgan fingerprint density at radius 3 is 3.04 bits per heavy atom. The van der Waals surface area contributed by atoms with Crippen LogP contribution < -0.4 is 10.6 Å². The number of hydrogen-bond acceptors (Lipinski definition) is 3. The van der Waals surface area contributed by atoms with Gasteiger partial charge in [-0.1, -0.05) is 6.07 Å². The Morgan fingerprint density at radius 2 is 2.26 bits per heavy atom. The topological polar surface area (TPSA) is 69.8 Å². The molecule has 3 rings (SSSR count). The number of aromatic amines is 1. The molecule has 5 nitrogen and oxygen atoms in total. The first-order chi connectivity index (χ1) is 10.6. The second kappa shape index (κ2) is 7.90. The van der Waals surface area contributed by atoms with E-state index in [-0.39, 0.29) is 24.1 Å². The Bertz CT molecular complexity index is 707. The van der Waals surface area contributed by atoms with Crippen molar-refractivity contribution in [2.24, 2.45) is 0 Å². The summed E-state index contributed by atoms with van der Waals surface area (Å²) in [5.74, 6) is -0.467. The highest BCUT2D eigenvalue weighted by atomic mass is 79.9. The zero-order chi connectivity index (χ0) is 15.5.